The molecule has 0 bridgehead atoms. The van der Waals surface area contributed by atoms with Crippen molar-refractivity contribution in [2.24, 2.45) is 0 Å². The summed E-state index contributed by atoms with van der Waals surface area (Å²) in [7, 11) is 0. The fourth-order valence-corrected chi connectivity index (χ4v) is 3.45. The van der Waals surface area contributed by atoms with Crippen LogP contribution >= 0.6 is 0 Å². The van der Waals surface area contributed by atoms with E-state index in [1.165, 1.54) is 25.7 Å². The van der Waals surface area contributed by atoms with Gasteiger partial charge in [0.25, 0.3) is 5.91 Å². The van der Waals surface area contributed by atoms with Crippen LogP contribution in [0.25, 0.3) is 11.3 Å². The van der Waals surface area contributed by atoms with E-state index in [0.717, 1.165) is 18.7 Å². The van der Waals surface area contributed by atoms with Crippen molar-refractivity contribution in [1.82, 2.24) is 20.2 Å². The van der Waals surface area contributed by atoms with E-state index in [9.17, 15) is 9.90 Å². The quantitative estimate of drug-likeness (QED) is 0.590. The maximum Gasteiger partial charge on any atom is 0.251 e. The van der Waals surface area contributed by atoms with Gasteiger partial charge in [-0.3, -0.25) is 4.79 Å². The molecule has 2 heterocycles. The highest BCUT2D eigenvalue weighted by Gasteiger charge is 2.15. The number of hydrogen-bond acceptors (Lipinski definition) is 7. The van der Waals surface area contributed by atoms with Crippen molar-refractivity contribution in [1.29, 1.82) is 0 Å². The lowest BCUT2D eigenvalue weighted by Crippen LogP contribution is -2.40. The Morgan fingerprint density at radius 3 is 2.61 bits per heavy atom. The van der Waals surface area contributed by atoms with Crippen LogP contribution in [0.3, 0.4) is 0 Å². The summed E-state index contributed by atoms with van der Waals surface area (Å²) >= 11 is 0. The molecule has 2 aromatic rings. The molecule has 0 aliphatic carbocycles. The van der Waals surface area contributed by atoms with Gasteiger partial charge < -0.3 is 26.8 Å². The first-order valence-corrected chi connectivity index (χ1v) is 9.70. The molecule has 1 aliphatic heterocycles. The number of carbonyl (C=O) groups excluding carboxylic acids is 1. The molecule has 1 atom stereocenters. The number of amides is 1. The van der Waals surface area contributed by atoms with Crippen molar-refractivity contribution in [3.8, 4) is 11.3 Å². The van der Waals surface area contributed by atoms with Crippen LogP contribution in [0.5, 0.6) is 0 Å². The van der Waals surface area contributed by atoms with E-state index in [0.29, 0.717) is 17.8 Å². The van der Waals surface area contributed by atoms with E-state index in [1.54, 1.807) is 24.3 Å². The van der Waals surface area contributed by atoms with Gasteiger partial charge >= 0.3 is 0 Å². The molecular formula is C20H28N6O2. The zero-order valence-electron chi connectivity index (χ0n) is 16.0. The molecule has 8 nitrogen and oxygen atoms in total. The smallest absolute Gasteiger partial charge is 0.251 e. The van der Waals surface area contributed by atoms with Gasteiger partial charge in [-0.1, -0.05) is 25.0 Å². The van der Waals surface area contributed by atoms with Crippen LogP contribution in [0, 0.1) is 0 Å². The second kappa shape index (κ2) is 9.48. The van der Waals surface area contributed by atoms with Crippen LogP contribution in [-0.2, 0) is 0 Å². The van der Waals surface area contributed by atoms with E-state index < -0.39 is 6.10 Å². The lowest BCUT2D eigenvalue weighted by molar-refractivity contribution is 0.0862. The SMILES string of the molecule is Nc1cc(-c2cccc(C(=O)NC[C@H](O)CN3CCCCCC3)c2)nc(N)n1. The molecule has 0 spiro atoms. The molecule has 1 saturated heterocycles. The molecule has 0 unspecified atom stereocenters. The van der Waals surface area contributed by atoms with Crippen molar-refractivity contribution in [2.45, 2.75) is 31.8 Å². The number of aromatic nitrogens is 2. The topological polar surface area (TPSA) is 130 Å². The molecule has 1 amide bonds. The number of nitrogens with zero attached hydrogens (tertiary/aromatic N) is 3. The van der Waals surface area contributed by atoms with Gasteiger partial charge in [0, 0.05) is 30.3 Å². The highest BCUT2D eigenvalue weighted by atomic mass is 16.3. The molecule has 0 radical (unpaired) electrons. The van der Waals surface area contributed by atoms with E-state index in [4.69, 9.17) is 11.5 Å². The Hall–Kier alpha value is -2.71. The molecular weight excluding hydrogens is 356 g/mol. The summed E-state index contributed by atoms with van der Waals surface area (Å²) in [5.74, 6) is 0.113. The average molecular weight is 384 g/mol. The average Bonchev–Trinajstić information content (AvgIpc) is 2.94. The molecule has 150 valence electrons. The third kappa shape index (κ3) is 5.64. The summed E-state index contributed by atoms with van der Waals surface area (Å²) in [5, 5.41) is 13.1. The highest BCUT2D eigenvalue weighted by molar-refractivity contribution is 5.95. The summed E-state index contributed by atoms with van der Waals surface area (Å²) in [4.78, 5) is 22.8. The number of hydrogen-bond donors (Lipinski definition) is 4. The lowest BCUT2D eigenvalue weighted by atomic mass is 10.1. The minimum Gasteiger partial charge on any atom is -0.390 e. The van der Waals surface area contributed by atoms with E-state index in [2.05, 4.69) is 20.2 Å². The van der Waals surface area contributed by atoms with E-state index in [1.807, 2.05) is 6.07 Å². The zero-order chi connectivity index (χ0) is 19.9. The molecule has 28 heavy (non-hydrogen) atoms. The van der Waals surface area contributed by atoms with Crippen LogP contribution in [0.1, 0.15) is 36.0 Å². The Balaban J connectivity index is 1.58. The Morgan fingerprint density at radius 1 is 1.14 bits per heavy atom. The van der Waals surface area contributed by atoms with Crippen LogP contribution in [0.15, 0.2) is 30.3 Å². The number of nitrogens with one attached hydrogen (secondary N) is 1. The third-order valence-corrected chi connectivity index (χ3v) is 4.85. The van der Waals surface area contributed by atoms with E-state index in [-0.39, 0.29) is 24.2 Å². The number of nitrogens with two attached hydrogens (primary N) is 2. The Labute approximate surface area is 165 Å². The fraction of sp³-hybridized carbons (Fsp3) is 0.450. The standard InChI is InChI=1S/C20H28N6O2/c21-18-11-17(24-20(22)25-18)14-6-5-7-15(10-14)19(28)23-12-16(27)13-26-8-3-1-2-4-9-26/h5-7,10-11,16,27H,1-4,8-9,12-13H2,(H,23,28)(H4,21,22,24,25)/t16-/m0/s1. The summed E-state index contributed by atoms with van der Waals surface area (Å²) in [6.07, 6.45) is 4.26. The van der Waals surface area contributed by atoms with Crippen molar-refractivity contribution >= 4 is 17.7 Å². The first kappa shape index (κ1) is 20.0. The van der Waals surface area contributed by atoms with Gasteiger partial charge in [-0.2, -0.15) is 4.98 Å². The van der Waals surface area contributed by atoms with Crippen LogP contribution in [-0.4, -0.2) is 58.2 Å². The number of β-amino-alcohol motifs (C(OH)–C–C–N with tert-alkyl or cyclic N) is 1. The van der Waals surface area contributed by atoms with Gasteiger partial charge in [-0.15, -0.1) is 0 Å². The molecule has 3 rings (SSSR count). The predicted octanol–water partition coefficient (Wildman–Crippen LogP) is 1.27. The summed E-state index contributed by atoms with van der Waals surface area (Å²) in [6.45, 7) is 2.82. The number of aliphatic hydroxyl groups is 1. The molecule has 1 aliphatic rings. The second-order valence-corrected chi connectivity index (χ2v) is 7.20. The van der Waals surface area contributed by atoms with Crippen LogP contribution in [0.2, 0.25) is 0 Å². The lowest BCUT2D eigenvalue weighted by Gasteiger charge is -2.23. The molecule has 6 N–H and O–H groups in total. The summed E-state index contributed by atoms with van der Waals surface area (Å²) in [6, 6.07) is 8.64. The fourth-order valence-electron chi connectivity index (χ4n) is 3.45. The zero-order valence-corrected chi connectivity index (χ0v) is 16.0. The molecule has 0 saturated carbocycles. The van der Waals surface area contributed by atoms with Gasteiger partial charge in [0.15, 0.2) is 0 Å². The Bertz CT molecular complexity index is 785. The number of anilines is 2. The van der Waals surface area contributed by atoms with Crippen molar-refractivity contribution in [3.63, 3.8) is 0 Å². The molecule has 8 heteroatoms. The number of carbonyl (C=O) groups is 1. The molecule has 1 aromatic carbocycles. The summed E-state index contributed by atoms with van der Waals surface area (Å²) in [5.41, 5.74) is 13.1. The van der Waals surface area contributed by atoms with Gasteiger partial charge in [0.1, 0.15) is 5.82 Å². The van der Waals surface area contributed by atoms with E-state index >= 15 is 0 Å². The van der Waals surface area contributed by atoms with Crippen molar-refractivity contribution in [3.05, 3.63) is 35.9 Å². The number of likely N-dealkylation sites (tertiary alicyclic amines) is 1. The first-order chi connectivity index (χ1) is 13.5. The van der Waals surface area contributed by atoms with Gasteiger partial charge in [0.05, 0.1) is 11.8 Å². The van der Waals surface area contributed by atoms with Gasteiger partial charge in [0.2, 0.25) is 5.95 Å². The first-order valence-electron chi connectivity index (χ1n) is 9.70. The maximum atomic E-state index is 12.5. The predicted molar refractivity (Wildman–Crippen MR) is 110 cm³/mol. The number of rotatable bonds is 6. The molecule has 1 fully saturated rings. The third-order valence-electron chi connectivity index (χ3n) is 4.85. The minimum atomic E-state index is -0.591. The van der Waals surface area contributed by atoms with Crippen molar-refractivity contribution < 1.29 is 9.90 Å². The number of benzene rings is 1. The van der Waals surface area contributed by atoms with Gasteiger partial charge in [-0.05, 0) is 38.1 Å². The maximum absolute atomic E-state index is 12.5. The van der Waals surface area contributed by atoms with Gasteiger partial charge in [-0.25, -0.2) is 4.98 Å². The van der Waals surface area contributed by atoms with Crippen LogP contribution in [0.4, 0.5) is 11.8 Å². The highest BCUT2D eigenvalue weighted by Crippen LogP contribution is 2.20. The second-order valence-electron chi connectivity index (χ2n) is 7.20. The van der Waals surface area contributed by atoms with Crippen LogP contribution < -0.4 is 16.8 Å². The Morgan fingerprint density at radius 2 is 1.89 bits per heavy atom. The molecule has 1 aromatic heterocycles. The largest absolute Gasteiger partial charge is 0.390 e. The number of nitrogen functional groups attached to an aromatic ring is 2. The Kier molecular flexibility index (Phi) is 6.78. The normalized spacial score (nSPS) is 16.3. The van der Waals surface area contributed by atoms with Crippen molar-refractivity contribution in [2.75, 3.05) is 37.6 Å². The number of aliphatic hydroxyl groups excluding tert-OH is 1. The monoisotopic (exact) mass is 384 g/mol. The minimum absolute atomic E-state index is 0.0847. The summed E-state index contributed by atoms with van der Waals surface area (Å²) < 4.78 is 0.